The maximum absolute atomic E-state index is 5.95. The van der Waals surface area contributed by atoms with E-state index in [2.05, 4.69) is 39.6 Å². The minimum absolute atomic E-state index is 0.272. The molecule has 2 aromatic rings. The van der Waals surface area contributed by atoms with Crippen molar-refractivity contribution in [3.8, 4) is 0 Å². The summed E-state index contributed by atoms with van der Waals surface area (Å²) >= 11 is 0. The van der Waals surface area contributed by atoms with E-state index in [4.69, 9.17) is 11.5 Å². The van der Waals surface area contributed by atoms with E-state index >= 15 is 0 Å². The maximum atomic E-state index is 5.95. The normalized spacial score (nSPS) is 19.6. The second-order valence-corrected chi connectivity index (χ2v) is 6.14. The molecule has 2 aliphatic rings. The van der Waals surface area contributed by atoms with E-state index in [1.54, 1.807) is 0 Å². The molecule has 1 saturated heterocycles. The van der Waals surface area contributed by atoms with E-state index in [9.17, 15) is 0 Å². The molecular formula is C18H25N5. The first-order chi connectivity index (χ1) is 11.3. The van der Waals surface area contributed by atoms with Gasteiger partial charge in [-0.05, 0) is 50.8 Å². The number of hydrogen-bond donors (Lipinski definition) is 3. The molecule has 1 aromatic carbocycles. The van der Waals surface area contributed by atoms with Gasteiger partial charge in [-0.15, -0.1) is 0 Å². The highest BCUT2D eigenvalue weighted by Crippen LogP contribution is 2.37. The fourth-order valence-corrected chi connectivity index (χ4v) is 3.34. The summed E-state index contributed by atoms with van der Waals surface area (Å²) in [6, 6.07) is 10.4. The molecule has 1 unspecified atom stereocenters. The Kier molecular flexibility index (Phi) is 5.08. The van der Waals surface area contributed by atoms with Crippen molar-refractivity contribution in [2.75, 3.05) is 24.6 Å². The topological polar surface area (TPSA) is 89.8 Å². The Morgan fingerprint density at radius 3 is 2.35 bits per heavy atom. The predicted octanol–water partition coefficient (Wildman–Crippen LogP) is 2.48. The van der Waals surface area contributed by atoms with E-state index in [1.165, 1.54) is 31.5 Å². The van der Waals surface area contributed by atoms with Crippen molar-refractivity contribution in [3.63, 3.8) is 0 Å². The van der Waals surface area contributed by atoms with Gasteiger partial charge in [0, 0.05) is 11.5 Å². The van der Waals surface area contributed by atoms with Gasteiger partial charge in [0.25, 0.3) is 0 Å². The molecule has 2 heterocycles. The Hall–Kier alpha value is -2.14. The summed E-state index contributed by atoms with van der Waals surface area (Å²) in [5, 5.41) is 3.22. The van der Waals surface area contributed by atoms with Crippen molar-refractivity contribution in [2.45, 2.75) is 38.0 Å². The average molecular weight is 311 g/mol. The van der Waals surface area contributed by atoms with Crippen LogP contribution in [0.5, 0.6) is 0 Å². The second-order valence-electron chi connectivity index (χ2n) is 6.14. The molecule has 0 spiro atoms. The number of fused-ring (bicyclic) bond motifs is 1. The SMILES string of the molecule is C1CCNC1.Nc1nc(N)c2c(n1)C(c1ccccc1)CCC2. The Morgan fingerprint density at radius 1 is 0.957 bits per heavy atom. The Balaban J connectivity index is 0.000000267. The summed E-state index contributed by atoms with van der Waals surface area (Å²) in [6.45, 7) is 2.50. The molecule has 0 bridgehead atoms. The predicted molar refractivity (Wildman–Crippen MR) is 94.2 cm³/mol. The largest absolute Gasteiger partial charge is 0.383 e. The molecule has 0 amide bonds. The van der Waals surface area contributed by atoms with Crippen molar-refractivity contribution in [1.29, 1.82) is 0 Å². The van der Waals surface area contributed by atoms with Gasteiger partial charge in [0.2, 0.25) is 5.95 Å². The van der Waals surface area contributed by atoms with Crippen molar-refractivity contribution in [3.05, 3.63) is 47.2 Å². The first kappa shape index (κ1) is 15.7. The van der Waals surface area contributed by atoms with Gasteiger partial charge in [-0.3, -0.25) is 0 Å². The van der Waals surface area contributed by atoms with E-state index < -0.39 is 0 Å². The van der Waals surface area contributed by atoms with Crippen LogP contribution < -0.4 is 16.8 Å². The highest BCUT2D eigenvalue weighted by molar-refractivity contribution is 5.50. The van der Waals surface area contributed by atoms with Crippen LogP contribution in [0.15, 0.2) is 30.3 Å². The molecule has 4 rings (SSSR count). The third-order valence-corrected chi connectivity index (χ3v) is 4.50. The lowest BCUT2D eigenvalue weighted by Crippen LogP contribution is -2.17. The minimum Gasteiger partial charge on any atom is -0.383 e. The van der Waals surface area contributed by atoms with Gasteiger partial charge in [-0.25, -0.2) is 4.98 Å². The van der Waals surface area contributed by atoms with Gasteiger partial charge in [0.05, 0.1) is 5.69 Å². The Labute approximate surface area is 137 Å². The summed E-state index contributed by atoms with van der Waals surface area (Å²) in [5.41, 5.74) is 15.0. The van der Waals surface area contributed by atoms with E-state index in [1.807, 2.05) is 6.07 Å². The smallest absolute Gasteiger partial charge is 0.222 e. The lowest BCUT2D eigenvalue weighted by molar-refractivity contribution is 0.598. The van der Waals surface area contributed by atoms with Crippen molar-refractivity contribution < 1.29 is 0 Å². The van der Waals surface area contributed by atoms with E-state index in [0.29, 0.717) is 11.7 Å². The number of nitrogen functional groups attached to an aromatic ring is 2. The fraction of sp³-hybridized carbons (Fsp3) is 0.444. The molecule has 1 fully saturated rings. The lowest BCUT2D eigenvalue weighted by Gasteiger charge is -2.25. The van der Waals surface area contributed by atoms with Crippen LogP contribution >= 0.6 is 0 Å². The summed E-state index contributed by atoms with van der Waals surface area (Å²) in [5.74, 6) is 1.11. The molecule has 1 aliphatic carbocycles. The molecule has 5 N–H and O–H groups in total. The summed E-state index contributed by atoms with van der Waals surface area (Å²) < 4.78 is 0. The van der Waals surface area contributed by atoms with E-state index in [0.717, 1.165) is 30.5 Å². The number of benzene rings is 1. The van der Waals surface area contributed by atoms with Crippen LogP contribution in [0.3, 0.4) is 0 Å². The van der Waals surface area contributed by atoms with Gasteiger partial charge in [-0.2, -0.15) is 4.98 Å². The highest BCUT2D eigenvalue weighted by atomic mass is 15.0. The zero-order valence-electron chi connectivity index (χ0n) is 13.5. The van der Waals surface area contributed by atoms with Crippen LogP contribution in [0.25, 0.3) is 0 Å². The number of nitrogens with two attached hydrogens (primary N) is 2. The van der Waals surface area contributed by atoms with Crippen molar-refractivity contribution in [2.24, 2.45) is 0 Å². The number of nitrogens with zero attached hydrogens (tertiary/aromatic N) is 2. The molecule has 5 nitrogen and oxygen atoms in total. The average Bonchev–Trinajstić information content (AvgIpc) is 3.15. The molecule has 0 radical (unpaired) electrons. The molecule has 1 aromatic heterocycles. The van der Waals surface area contributed by atoms with Crippen LogP contribution in [0.2, 0.25) is 0 Å². The zero-order chi connectivity index (χ0) is 16.1. The fourth-order valence-electron chi connectivity index (χ4n) is 3.34. The summed E-state index contributed by atoms with van der Waals surface area (Å²) in [7, 11) is 0. The lowest BCUT2D eigenvalue weighted by atomic mass is 9.82. The molecular weight excluding hydrogens is 286 g/mol. The highest BCUT2D eigenvalue weighted by Gasteiger charge is 2.25. The van der Waals surface area contributed by atoms with Crippen LogP contribution in [0, 0.1) is 0 Å². The second kappa shape index (κ2) is 7.42. The molecule has 0 saturated carbocycles. The van der Waals surface area contributed by atoms with Gasteiger partial charge in [0.15, 0.2) is 0 Å². The molecule has 122 valence electrons. The minimum atomic E-state index is 0.272. The quantitative estimate of drug-likeness (QED) is 0.753. The van der Waals surface area contributed by atoms with Crippen molar-refractivity contribution >= 4 is 11.8 Å². The van der Waals surface area contributed by atoms with E-state index in [-0.39, 0.29) is 5.95 Å². The van der Waals surface area contributed by atoms with Crippen molar-refractivity contribution in [1.82, 2.24) is 15.3 Å². The molecule has 23 heavy (non-hydrogen) atoms. The first-order valence-electron chi connectivity index (χ1n) is 8.43. The van der Waals surface area contributed by atoms with Gasteiger partial charge in [0.1, 0.15) is 5.82 Å². The standard InChI is InChI=1S/C14H16N4.C4H9N/c15-13-11-8-4-7-10(9-5-2-1-3-6-9)12(11)17-14(16)18-13;1-2-4-5-3-1/h1-3,5-6,10H,4,7-8H2,(H4,15,16,17,18);5H,1-4H2. The van der Waals surface area contributed by atoms with Crippen LogP contribution in [0.4, 0.5) is 11.8 Å². The maximum Gasteiger partial charge on any atom is 0.222 e. The summed E-state index contributed by atoms with van der Waals surface area (Å²) in [6.07, 6.45) is 5.93. The van der Waals surface area contributed by atoms with Crippen LogP contribution in [-0.2, 0) is 6.42 Å². The van der Waals surface area contributed by atoms with Gasteiger partial charge in [-0.1, -0.05) is 30.3 Å². The number of anilines is 2. The van der Waals surface area contributed by atoms with Gasteiger partial charge >= 0.3 is 0 Å². The van der Waals surface area contributed by atoms with Gasteiger partial charge < -0.3 is 16.8 Å². The number of rotatable bonds is 1. The molecule has 5 heteroatoms. The van der Waals surface area contributed by atoms with Crippen LogP contribution in [-0.4, -0.2) is 23.1 Å². The Morgan fingerprint density at radius 2 is 1.70 bits per heavy atom. The first-order valence-corrected chi connectivity index (χ1v) is 8.43. The van der Waals surface area contributed by atoms with Crippen LogP contribution in [0.1, 0.15) is 48.4 Å². The molecule has 1 atom stereocenters. The summed E-state index contributed by atoms with van der Waals surface area (Å²) in [4.78, 5) is 8.48. The Bertz CT molecular complexity index is 630. The monoisotopic (exact) mass is 311 g/mol. The number of hydrogen-bond acceptors (Lipinski definition) is 5. The zero-order valence-corrected chi connectivity index (χ0v) is 13.5. The third kappa shape index (κ3) is 3.79. The number of aromatic nitrogens is 2. The molecule has 1 aliphatic heterocycles. The third-order valence-electron chi connectivity index (χ3n) is 4.50. The number of nitrogens with one attached hydrogen (secondary N) is 1.